The lowest BCUT2D eigenvalue weighted by Gasteiger charge is -2.20. The van der Waals surface area contributed by atoms with Crippen LogP contribution in [0.1, 0.15) is 12.0 Å². The fourth-order valence-corrected chi connectivity index (χ4v) is 3.90. The average Bonchev–Trinajstić information content (AvgIpc) is 3.27. The van der Waals surface area contributed by atoms with Crippen LogP contribution in [-0.4, -0.2) is 38.2 Å². The van der Waals surface area contributed by atoms with Crippen LogP contribution in [0.2, 0.25) is 0 Å². The zero-order chi connectivity index (χ0) is 19.5. The van der Waals surface area contributed by atoms with Gasteiger partial charge in [0.1, 0.15) is 6.04 Å². The van der Waals surface area contributed by atoms with Gasteiger partial charge in [-0.25, -0.2) is 4.79 Å². The fourth-order valence-electron chi connectivity index (χ4n) is 3.90. The van der Waals surface area contributed by atoms with Gasteiger partial charge in [0.2, 0.25) is 5.91 Å². The number of carbonyl (C=O) groups excluding carboxylic acids is 2. The molecule has 3 aromatic carbocycles. The molecule has 1 fully saturated rings. The molecular formula is C23H23NO4. The molecular weight excluding hydrogens is 354 g/mol. The third-order valence-corrected chi connectivity index (χ3v) is 5.39. The van der Waals surface area contributed by atoms with E-state index in [9.17, 15) is 9.59 Å². The fraction of sp³-hybridized carbons (Fsp3) is 0.304. The van der Waals surface area contributed by atoms with Crippen molar-refractivity contribution < 1.29 is 19.1 Å². The van der Waals surface area contributed by atoms with E-state index in [1.807, 2.05) is 24.3 Å². The van der Waals surface area contributed by atoms with E-state index in [0.29, 0.717) is 26.1 Å². The summed E-state index contributed by atoms with van der Waals surface area (Å²) in [5.74, 6) is -0.807. The topological polar surface area (TPSA) is 64.6 Å². The highest BCUT2D eigenvalue weighted by Crippen LogP contribution is 2.29. The lowest BCUT2D eigenvalue weighted by molar-refractivity contribution is -0.145. The highest BCUT2D eigenvalue weighted by molar-refractivity contribution is 6.02. The van der Waals surface area contributed by atoms with E-state index in [1.165, 1.54) is 7.11 Å². The molecule has 0 aliphatic carbocycles. The van der Waals surface area contributed by atoms with Crippen molar-refractivity contribution in [3.63, 3.8) is 0 Å². The van der Waals surface area contributed by atoms with Gasteiger partial charge >= 0.3 is 5.97 Å². The maximum atomic E-state index is 12.6. The molecule has 0 saturated carbocycles. The van der Waals surface area contributed by atoms with Crippen molar-refractivity contribution in [2.45, 2.75) is 18.9 Å². The van der Waals surface area contributed by atoms with E-state index in [-0.39, 0.29) is 11.8 Å². The van der Waals surface area contributed by atoms with Gasteiger partial charge in [-0.15, -0.1) is 0 Å². The van der Waals surface area contributed by atoms with Gasteiger partial charge in [-0.05, 0) is 39.6 Å². The van der Waals surface area contributed by atoms with E-state index >= 15 is 0 Å². The number of methoxy groups -OCH3 is 1. The minimum atomic E-state index is -0.743. The first-order chi connectivity index (χ1) is 13.7. The summed E-state index contributed by atoms with van der Waals surface area (Å²) in [6.07, 6.45) is 1.05. The molecule has 1 N–H and O–H groups in total. The SMILES string of the molecule is COC(=O)[C@H](Cc1c2ccccc2cc2ccccc12)NC(=O)[C@H]1CCOC1. The average molecular weight is 377 g/mol. The van der Waals surface area contributed by atoms with Gasteiger partial charge in [-0.1, -0.05) is 48.5 Å². The van der Waals surface area contributed by atoms with Gasteiger partial charge in [0.15, 0.2) is 0 Å². The second-order valence-corrected chi connectivity index (χ2v) is 7.15. The second-order valence-electron chi connectivity index (χ2n) is 7.15. The Bertz CT molecular complexity index is 969. The first-order valence-electron chi connectivity index (χ1n) is 9.52. The summed E-state index contributed by atoms with van der Waals surface area (Å²) in [6.45, 7) is 0.978. The van der Waals surface area contributed by atoms with Gasteiger partial charge in [-0.3, -0.25) is 4.79 Å². The quantitative estimate of drug-likeness (QED) is 0.548. The minimum absolute atomic E-state index is 0.155. The second kappa shape index (κ2) is 7.98. The van der Waals surface area contributed by atoms with Gasteiger partial charge in [0.05, 0.1) is 19.6 Å². The maximum Gasteiger partial charge on any atom is 0.328 e. The van der Waals surface area contributed by atoms with Crippen molar-refractivity contribution in [1.29, 1.82) is 0 Å². The molecule has 0 bridgehead atoms. The normalized spacial score (nSPS) is 17.5. The molecule has 5 heteroatoms. The molecule has 3 aromatic rings. The van der Waals surface area contributed by atoms with E-state index in [0.717, 1.165) is 27.1 Å². The van der Waals surface area contributed by atoms with Gasteiger partial charge in [-0.2, -0.15) is 0 Å². The molecule has 1 aliphatic rings. The van der Waals surface area contributed by atoms with E-state index in [2.05, 4.69) is 35.6 Å². The largest absolute Gasteiger partial charge is 0.467 e. The van der Waals surface area contributed by atoms with Crippen molar-refractivity contribution in [2.24, 2.45) is 5.92 Å². The van der Waals surface area contributed by atoms with Crippen LogP contribution in [0.4, 0.5) is 0 Å². The van der Waals surface area contributed by atoms with Crippen LogP contribution in [0.5, 0.6) is 0 Å². The van der Waals surface area contributed by atoms with Crippen LogP contribution in [0.25, 0.3) is 21.5 Å². The Morgan fingerprint density at radius 3 is 2.32 bits per heavy atom. The van der Waals surface area contributed by atoms with Crippen molar-refractivity contribution in [3.8, 4) is 0 Å². The molecule has 0 radical (unpaired) electrons. The Morgan fingerprint density at radius 1 is 1.11 bits per heavy atom. The Kier molecular flexibility index (Phi) is 5.26. The minimum Gasteiger partial charge on any atom is -0.467 e. The highest BCUT2D eigenvalue weighted by atomic mass is 16.5. The molecule has 4 rings (SSSR count). The molecule has 0 spiro atoms. The summed E-state index contributed by atoms with van der Waals surface area (Å²) in [5, 5.41) is 7.26. The van der Waals surface area contributed by atoms with Crippen LogP contribution >= 0.6 is 0 Å². The summed E-state index contributed by atoms with van der Waals surface area (Å²) in [7, 11) is 1.35. The van der Waals surface area contributed by atoms with Crippen molar-refractivity contribution >= 4 is 33.4 Å². The van der Waals surface area contributed by atoms with Crippen molar-refractivity contribution in [1.82, 2.24) is 5.32 Å². The highest BCUT2D eigenvalue weighted by Gasteiger charge is 2.29. The number of rotatable bonds is 5. The third-order valence-electron chi connectivity index (χ3n) is 5.39. The number of esters is 1. The number of nitrogens with one attached hydrogen (secondary N) is 1. The van der Waals surface area contributed by atoms with Crippen molar-refractivity contribution in [2.75, 3.05) is 20.3 Å². The molecule has 1 heterocycles. The number of ether oxygens (including phenoxy) is 2. The predicted octanol–water partition coefficient (Wildman–Crippen LogP) is 3.23. The molecule has 0 aromatic heterocycles. The number of hydrogen-bond acceptors (Lipinski definition) is 4. The zero-order valence-electron chi connectivity index (χ0n) is 15.8. The molecule has 28 heavy (non-hydrogen) atoms. The van der Waals surface area contributed by atoms with Gasteiger partial charge in [0, 0.05) is 13.0 Å². The van der Waals surface area contributed by atoms with Crippen LogP contribution < -0.4 is 5.32 Å². The van der Waals surface area contributed by atoms with E-state index < -0.39 is 12.0 Å². The molecule has 1 aliphatic heterocycles. The lowest BCUT2D eigenvalue weighted by atomic mass is 9.92. The summed E-state index contributed by atoms with van der Waals surface area (Å²) in [6, 6.07) is 17.6. The third kappa shape index (κ3) is 3.58. The smallest absolute Gasteiger partial charge is 0.328 e. The lowest BCUT2D eigenvalue weighted by Crippen LogP contribution is -2.45. The molecule has 1 amide bonds. The van der Waals surface area contributed by atoms with Gasteiger partial charge in [0.25, 0.3) is 0 Å². The number of fused-ring (bicyclic) bond motifs is 2. The number of hydrogen-bond donors (Lipinski definition) is 1. The Labute approximate surface area is 163 Å². The summed E-state index contributed by atoms with van der Waals surface area (Å²) < 4.78 is 10.3. The Balaban J connectivity index is 1.73. The molecule has 1 saturated heterocycles. The monoisotopic (exact) mass is 377 g/mol. The Hall–Kier alpha value is -2.92. The van der Waals surface area contributed by atoms with Crippen LogP contribution in [0.15, 0.2) is 54.6 Å². The number of carbonyl (C=O) groups is 2. The van der Waals surface area contributed by atoms with Crippen LogP contribution in [0, 0.1) is 5.92 Å². The summed E-state index contributed by atoms with van der Waals surface area (Å²) in [4.78, 5) is 25.1. The van der Waals surface area contributed by atoms with Gasteiger partial charge < -0.3 is 14.8 Å². The predicted molar refractivity (Wildman–Crippen MR) is 108 cm³/mol. The molecule has 5 nitrogen and oxygen atoms in total. The number of amides is 1. The molecule has 2 atom stereocenters. The first kappa shape index (κ1) is 18.4. The standard InChI is InChI=1S/C23H23NO4/c1-27-23(26)21(24-22(25)17-10-11-28-14-17)13-20-18-8-4-2-6-15(18)12-16-7-3-5-9-19(16)20/h2-9,12,17,21H,10-11,13-14H2,1H3,(H,24,25)/t17-,21-/m0/s1. The first-order valence-corrected chi connectivity index (χ1v) is 9.52. The summed E-state index contributed by atoms with van der Waals surface area (Å²) in [5.41, 5.74) is 1.03. The van der Waals surface area contributed by atoms with Crippen molar-refractivity contribution in [3.05, 3.63) is 60.2 Å². The molecule has 0 unspecified atom stereocenters. The molecule has 144 valence electrons. The summed E-state index contributed by atoms with van der Waals surface area (Å²) >= 11 is 0. The zero-order valence-corrected chi connectivity index (χ0v) is 15.8. The van der Waals surface area contributed by atoms with E-state index in [1.54, 1.807) is 0 Å². The van der Waals surface area contributed by atoms with Crippen LogP contribution in [-0.2, 0) is 25.5 Å². The number of benzene rings is 3. The maximum absolute atomic E-state index is 12.6. The van der Waals surface area contributed by atoms with E-state index in [4.69, 9.17) is 9.47 Å². The van der Waals surface area contributed by atoms with Crippen LogP contribution in [0.3, 0.4) is 0 Å². The Morgan fingerprint density at radius 2 is 1.75 bits per heavy atom.